The van der Waals surface area contributed by atoms with E-state index in [0.29, 0.717) is 19.4 Å². The van der Waals surface area contributed by atoms with Gasteiger partial charge in [0.15, 0.2) is 0 Å². The second-order valence-electron chi connectivity index (χ2n) is 17.3. The Balaban J connectivity index is 1.43. The predicted octanol–water partition coefficient (Wildman–Crippen LogP) is 3.64. The Morgan fingerprint density at radius 2 is 1.68 bits per heavy atom. The smallest absolute Gasteiger partial charge is 0.289 e. The lowest BCUT2D eigenvalue weighted by atomic mass is 9.73. The fourth-order valence-corrected chi connectivity index (χ4v) is 9.84. The first-order valence-corrected chi connectivity index (χ1v) is 19.5. The van der Waals surface area contributed by atoms with Crippen LogP contribution in [0.5, 0.6) is 0 Å². The molecule has 3 saturated carbocycles. The zero-order valence-corrected chi connectivity index (χ0v) is 32.4. The van der Waals surface area contributed by atoms with Crippen molar-refractivity contribution in [2.75, 3.05) is 13.1 Å². The molecular formula is C40H59N7O6. The van der Waals surface area contributed by atoms with Crippen molar-refractivity contribution in [2.45, 2.75) is 136 Å². The van der Waals surface area contributed by atoms with Crippen LogP contribution in [0.1, 0.15) is 123 Å². The van der Waals surface area contributed by atoms with Gasteiger partial charge in [-0.2, -0.15) is 0 Å². The van der Waals surface area contributed by atoms with Gasteiger partial charge in [-0.15, -0.1) is 6.58 Å². The van der Waals surface area contributed by atoms with Crippen molar-refractivity contribution in [3.63, 3.8) is 0 Å². The molecule has 290 valence electrons. The highest BCUT2D eigenvalue weighted by Crippen LogP contribution is 2.88. The minimum Gasteiger partial charge on any atom is -0.346 e. The van der Waals surface area contributed by atoms with E-state index >= 15 is 0 Å². The van der Waals surface area contributed by atoms with E-state index in [1.54, 1.807) is 4.90 Å². The average Bonchev–Trinajstić information content (AvgIpc) is 3.32. The molecule has 3 aliphatic carbocycles. The van der Waals surface area contributed by atoms with Gasteiger partial charge < -0.3 is 26.2 Å². The van der Waals surface area contributed by atoms with Crippen molar-refractivity contribution < 1.29 is 28.8 Å². The molecule has 0 bridgehead atoms. The van der Waals surface area contributed by atoms with Gasteiger partial charge in [-0.25, -0.2) is 4.98 Å². The number of aromatic nitrogens is 2. The number of fused-ring (bicyclic) bond motifs is 1. The van der Waals surface area contributed by atoms with Crippen LogP contribution >= 0.6 is 0 Å². The molecule has 4 aliphatic rings. The van der Waals surface area contributed by atoms with Crippen LogP contribution in [0.15, 0.2) is 31.2 Å². The fourth-order valence-electron chi connectivity index (χ4n) is 9.84. The normalized spacial score (nSPS) is 24.6. The monoisotopic (exact) mass is 733 g/mol. The third-order valence-corrected chi connectivity index (χ3v) is 13.1. The Bertz CT molecular complexity index is 1580. The number of carbonyl (C=O) groups is 6. The molecule has 2 heterocycles. The molecule has 0 unspecified atom stereocenters. The molecule has 1 aliphatic heterocycles. The maximum absolute atomic E-state index is 15.0. The molecule has 0 radical (unpaired) electrons. The third kappa shape index (κ3) is 7.49. The topological polar surface area (TPSA) is 180 Å². The maximum atomic E-state index is 15.0. The zero-order valence-electron chi connectivity index (χ0n) is 32.4. The van der Waals surface area contributed by atoms with Gasteiger partial charge in [0.2, 0.25) is 23.5 Å². The second kappa shape index (κ2) is 15.7. The Hall–Kier alpha value is -4.16. The van der Waals surface area contributed by atoms with Crippen LogP contribution in [0.2, 0.25) is 0 Å². The summed E-state index contributed by atoms with van der Waals surface area (Å²) in [5, 5.41) is 11.3. The molecule has 5 amide bonds. The zero-order chi connectivity index (χ0) is 38.8. The molecule has 13 heteroatoms. The minimum absolute atomic E-state index is 0.00788. The molecule has 5 rings (SSSR count). The first-order chi connectivity index (χ1) is 25.0. The third-order valence-electron chi connectivity index (χ3n) is 13.1. The van der Waals surface area contributed by atoms with Crippen molar-refractivity contribution in [1.82, 2.24) is 36.1 Å². The van der Waals surface area contributed by atoms with Crippen molar-refractivity contribution in [2.24, 2.45) is 27.6 Å². The molecule has 13 nitrogen and oxygen atoms in total. The first kappa shape index (κ1) is 40.0. The van der Waals surface area contributed by atoms with Crippen molar-refractivity contribution in [3.05, 3.63) is 36.9 Å². The lowest BCUT2D eigenvalue weighted by Gasteiger charge is -2.38. The summed E-state index contributed by atoms with van der Waals surface area (Å²) in [6.07, 6.45) is 14.5. The molecule has 1 aromatic heterocycles. The second-order valence-corrected chi connectivity index (χ2v) is 17.3. The number of ketones is 1. The number of likely N-dealkylation sites (tertiary alicyclic amines) is 1. The van der Waals surface area contributed by atoms with Crippen LogP contribution in [0, 0.1) is 27.6 Å². The molecule has 0 aromatic carbocycles. The lowest BCUT2D eigenvalue weighted by molar-refractivity contribution is -0.145. The van der Waals surface area contributed by atoms with E-state index in [1.807, 2.05) is 27.7 Å². The number of nitrogens with zero attached hydrogens (tertiary/aromatic N) is 3. The summed E-state index contributed by atoms with van der Waals surface area (Å²) in [7, 11) is 0. The van der Waals surface area contributed by atoms with E-state index in [9.17, 15) is 28.8 Å². The first-order valence-electron chi connectivity index (χ1n) is 19.5. The summed E-state index contributed by atoms with van der Waals surface area (Å²) in [5.74, 6) is -3.51. The van der Waals surface area contributed by atoms with Crippen LogP contribution in [-0.2, 0) is 24.0 Å². The molecular weight excluding hydrogens is 674 g/mol. The summed E-state index contributed by atoms with van der Waals surface area (Å²) < 4.78 is 0. The molecule has 5 atom stereocenters. The van der Waals surface area contributed by atoms with Gasteiger partial charge in [0.25, 0.3) is 11.8 Å². The summed E-state index contributed by atoms with van der Waals surface area (Å²) in [6, 6.07) is -3.89. The Morgan fingerprint density at radius 1 is 0.981 bits per heavy atom. The molecule has 4 N–H and O–H groups in total. The van der Waals surface area contributed by atoms with E-state index in [0.717, 1.165) is 51.4 Å². The van der Waals surface area contributed by atoms with E-state index in [-0.39, 0.29) is 46.7 Å². The number of amides is 5. The highest BCUT2D eigenvalue weighted by Gasteiger charge is 2.85. The highest BCUT2D eigenvalue weighted by molar-refractivity contribution is 6.38. The van der Waals surface area contributed by atoms with Gasteiger partial charge in [0.05, 0.1) is 12.2 Å². The highest BCUT2D eigenvalue weighted by atomic mass is 16.2. The largest absolute Gasteiger partial charge is 0.346 e. The number of Topliss-reactive ketones (excluding diaryl/α,β-unsaturated/α-hetero) is 1. The van der Waals surface area contributed by atoms with E-state index in [2.05, 4.69) is 51.7 Å². The lowest BCUT2D eigenvalue weighted by Crippen LogP contribution is -2.62. The van der Waals surface area contributed by atoms with Crippen molar-refractivity contribution in [1.29, 1.82) is 0 Å². The number of rotatable bonds is 14. The SMILES string of the molecule is C=CCNC(=O)C(=O)[C@H](CCC)NC(=O)[C@H]1C[C@@]2(CN1C(=O)[C@H](NC(=O)[C@@H](NC(=O)c1cnccn1)C1CCCCC1)C(C)(C)C)C(C)(C)C21CCC1. The van der Waals surface area contributed by atoms with Crippen molar-refractivity contribution >= 4 is 35.3 Å². The van der Waals surface area contributed by atoms with Gasteiger partial charge in [0.1, 0.15) is 23.8 Å². The molecule has 1 aromatic rings. The summed E-state index contributed by atoms with van der Waals surface area (Å²) >= 11 is 0. The average molecular weight is 734 g/mol. The quantitative estimate of drug-likeness (QED) is 0.165. The number of hydrogen-bond donors (Lipinski definition) is 4. The molecule has 1 saturated heterocycles. The number of nitrogens with one attached hydrogen (secondary N) is 4. The Labute approximate surface area is 313 Å². The minimum atomic E-state index is -1.05. The summed E-state index contributed by atoms with van der Waals surface area (Å²) in [6.45, 7) is 16.0. The van der Waals surface area contributed by atoms with Crippen LogP contribution in [0.4, 0.5) is 0 Å². The van der Waals surface area contributed by atoms with E-state index in [1.165, 1.54) is 24.7 Å². The van der Waals surface area contributed by atoms with Gasteiger partial charge in [0, 0.05) is 30.9 Å². The fraction of sp³-hybridized carbons (Fsp3) is 0.700. The Morgan fingerprint density at radius 3 is 2.23 bits per heavy atom. The van der Waals surface area contributed by atoms with Gasteiger partial charge in [-0.1, -0.05) is 79.7 Å². The Kier molecular flexibility index (Phi) is 11.8. The van der Waals surface area contributed by atoms with Gasteiger partial charge in [-0.05, 0) is 60.7 Å². The van der Waals surface area contributed by atoms with Crippen LogP contribution in [0.3, 0.4) is 0 Å². The number of carbonyl (C=O) groups excluding carboxylic acids is 6. The summed E-state index contributed by atoms with van der Waals surface area (Å²) in [5.41, 5.74) is -1.09. The van der Waals surface area contributed by atoms with Crippen molar-refractivity contribution in [3.8, 4) is 0 Å². The number of hydrogen-bond acceptors (Lipinski definition) is 8. The molecule has 4 fully saturated rings. The van der Waals surface area contributed by atoms with Gasteiger partial charge in [-0.3, -0.25) is 33.8 Å². The van der Waals surface area contributed by atoms with Crippen LogP contribution < -0.4 is 21.3 Å². The van der Waals surface area contributed by atoms with E-state index in [4.69, 9.17) is 0 Å². The predicted molar refractivity (Wildman–Crippen MR) is 199 cm³/mol. The van der Waals surface area contributed by atoms with E-state index < -0.39 is 59.0 Å². The maximum Gasteiger partial charge on any atom is 0.289 e. The molecule has 2 spiro atoms. The van der Waals surface area contributed by atoms with Gasteiger partial charge >= 0.3 is 0 Å². The summed E-state index contributed by atoms with van der Waals surface area (Å²) in [4.78, 5) is 92.5. The van der Waals surface area contributed by atoms with Crippen LogP contribution in [0.25, 0.3) is 0 Å². The van der Waals surface area contributed by atoms with Crippen LogP contribution in [-0.4, -0.2) is 87.4 Å². The molecule has 53 heavy (non-hydrogen) atoms. The standard InChI is InChI=1S/C40H59N7O6/c1-8-14-26(30(48)35(52)43-19-9-2)44-33(50)28-22-40(38(6,7)39(40)17-13-18-39)24-47(28)36(53)31(37(3,4)5)46-34(51)29(25-15-11-10-12-16-25)45-32(49)27-23-41-20-21-42-27/h9,20-21,23,25-26,28-29,31H,2,8,10-19,22,24H2,1,3-7H3,(H,43,52)(H,44,50)(H,45,49)(H,46,51)/t26-,28+,29-,31-,40+/m0/s1.